The van der Waals surface area contributed by atoms with Crippen molar-refractivity contribution in [3.05, 3.63) is 97.3 Å². The molecule has 1 saturated heterocycles. The molecule has 5 nitrogen and oxygen atoms in total. The summed E-state index contributed by atoms with van der Waals surface area (Å²) in [6.45, 7) is 4.97. The Hall–Kier alpha value is -2.74. The smallest absolute Gasteiger partial charge is 0.293 e. The number of carbonyl (C=O) groups is 2. The van der Waals surface area contributed by atoms with E-state index in [4.69, 9.17) is 21.1 Å². The first-order valence-electron chi connectivity index (χ1n) is 11.0. The van der Waals surface area contributed by atoms with Crippen LogP contribution in [-0.2, 0) is 17.9 Å². The fourth-order valence-corrected chi connectivity index (χ4v) is 5.13. The molecule has 1 aliphatic heterocycles. The van der Waals surface area contributed by atoms with Gasteiger partial charge in [-0.15, -0.1) is 0 Å². The van der Waals surface area contributed by atoms with Gasteiger partial charge in [0, 0.05) is 5.02 Å². The average Bonchev–Trinajstić information content (AvgIpc) is 3.07. The minimum absolute atomic E-state index is 0.193. The maximum atomic E-state index is 13.0. The zero-order chi connectivity index (χ0) is 24.9. The molecule has 0 N–H and O–H groups in total. The van der Waals surface area contributed by atoms with Crippen LogP contribution >= 0.6 is 39.3 Å². The number of rotatable bonds is 8. The number of benzene rings is 3. The molecule has 1 aliphatic rings. The Bertz CT molecular complexity index is 1290. The van der Waals surface area contributed by atoms with E-state index in [1.54, 1.807) is 30.3 Å². The van der Waals surface area contributed by atoms with Gasteiger partial charge < -0.3 is 9.47 Å². The first-order chi connectivity index (χ1) is 16.8. The highest BCUT2D eigenvalue weighted by Crippen LogP contribution is 2.40. The highest BCUT2D eigenvalue weighted by atomic mass is 79.9. The van der Waals surface area contributed by atoms with Crippen molar-refractivity contribution in [2.24, 2.45) is 0 Å². The third-order valence-electron chi connectivity index (χ3n) is 5.22. The van der Waals surface area contributed by atoms with E-state index in [2.05, 4.69) is 22.0 Å². The van der Waals surface area contributed by atoms with Crippen molar-refractivity contribution >= 4 is 56.5 Å². The number of hydrogen-bond donors (Lipinski definition) is 0. The van der Waals surface area contributed by atoms with E-state index < -0.39 is 0 Å². The van der Waals surface area contributed by atoms with Crippen LogP contribution in [0.1, 0.15) is 29.2 Å². The van der Waals surface area contributed by atoms with Crippen molar-refractivity contribution in [1.29, 1.82) is 0 Å². The molecule has 35 heavy (non-hydrogen) atoms. The Labute approximate surface area is 222 Å². The van der Waals surface area contributed by atoms with Crippen molar-refractivity contribution in [3.8, 4) is 11.5 Å². The average molecular weight is 573 g/mol. The molecule has 0 aromatic heterocycles. The first kappa shape index (κ1) is 25.4. The maximum Gasteiger partial charge on any atom is 0.293 e. The van der Waals surface area contributed by atoms with E-state index in [0.29, 0.717) is 39.1 Å². The molecule has 1 fully saturated rings. The van der Waals surface area contributed by atoms with Crippen LogP contribution in [0.15, 0.2) is 70.0 Å². The molecule has 4 rings (SSSR count). The van der Waals surface area contributed by atoms with Gasteiger partial charge in [0.15, 0.2) is 11.5 Å². The molecule has 0 radical (unpaired) electrons. The lowest BCUT2D eigenvalue weighted by Gasteiger charge is -2.15. The van der Waals surface area contributed by atoms with Crippen LogP contribution in [0.25, 0.3) is 6.08 Å². The van der Waals surface area contributed by atoms with Crippen LogP contribution in [0.4, 0.5) is 4.79 Å². The third kappa shape index (κ3) is 6.28. The molecule has 2 amide bonds. The molecule has 1 heterocycles. The summed E-state index contributed by atoms with van der Waals surface area (Å²) >= 11 is 10.4. The Morgan fingerprint density at radius 1 is 1.03 bits per heavy atom. The van der Waals surface area contributed by atoms with Crippen molar-refractivity contribution in [2.45, 2.75) is 27.0 Å². The number of hydrogen-bond acceptors (Lipinski definition) is 5. The molecule has 3 aromatic carbocycles. The number of aryl methyl sites for hydroxylation is 1. The van der Waals surface area contributed by atoms with E-state index >= 15 is 0 Å². The highest BCUT2D eigenvalue weighted by molar-refractivity contribution is 9.10. The van der Waals surface area contributed by atoms with Crippen LogP contribution in [0.2, 0.25) is 5.02 Å². The van der Waals surface area contributed by atoms with Gasteiger partial charge >= 0.3 is 0 Å². The van der Waals surface area contributed by atoms with Gasteiger partial charge in [-0.1, -0.05) is 53.6 Å². The van der Waals surface area contributed by atoms with Gasteiger partial charge in [0.25, 0.3) is 11.1 Å². The highest BCUT2D eigenvalue weighted by Gasteiger charge is 2.35. The van der Waals surface area contributed by atoms with Crippen molar-refractivity contribution in [1.82, 2.24) is 4.90 Å². The molecule has 0 atom stereocenters. The van der Waals surface area contributed by atoms with E-state index in [1.807, 2.05) is 44.2 Å². The predicted octanol–water partition coefficient (Wildman–Crippen LogP) is 7.63. The van der Waals surface area contributed by atoms with Gasteiger partial charge in [0.05, 0.1) is 22.5 Å². The van der Waals surface area contributed by atoms with E-state index in [9.17, 15) is 9.59 Å². The molecule has 0 unspecified atom stereocenters. The number of halogens is 2. The second-order valence-electron chi connectivity index (χ2n) is 7.94. The number of thioether (sulfide) groups is 1. The van der Waals surface area contributed by atoms with Gasteiger partial charge in [-0.2, -0.15) is 0 Å². The van der Waals surface area contributed by atoms with Crippen LogP contribution in [0, 0.1) is 6.92 Å². The Morgan fingerprint density at radius 3 is 2.51 bits per heavy atom. The van der Waals surface area contributed by atoms with Crippen LogP contribution < -0.4 is 9.47 Å². The topological polar surface area (TPSA) is 55.8 Å². The van der Waals surface area contributed by atoms with E-state index in [0.717, 1.165) is 34.0 Å². The first-order valence-corrected chi connectivity index (χ1v) is 13.0. The number of carbonyl (C=O) groups excluding carboxylic acids is 2. The molecule has 0 bridgehead atoms. The lowest BCUT2D eigenvalue weighted by molar-refractivity contribution is -0.123. The summed E-state index contributed by atoms with van der Waals surface area (Å²) in [5, 5.41) is 0.295. The fraction of sp³-hybridized carbons (Fsp3) is 0.185. The summed E-state index contributed by atoms with van der Waals surface area (Å²) in [7, 11) is 0. The van der Waals surface area contributed by atoms with Gasteiger partial charge in [-0.3, -0.25) is 14.5 Å². The monoisotopic (exact) mass is 571 g/mol. The lowest BCUT2D eigenvalue weighted by atomic mass is 10.1. The van der Waals surface area contributed by atoms with Crippen molar-refractivity contribution < 1.29 is 19.1 Å². The minimum Gasteiger partial charge on any atom is -0.490 e. The molecule has 180 valence electrons. The summed E-state index contributed by atoms with van der Waals surface area (Å²) in [4.78, 5) is 27.1. The zero-order valence-corrected chi connectivity index (χ0v) is 22.4. The lowest BCUT2D eigenvalue weighted by Crippen LogP contribution is -2.27. The van der Waals surface area contributed by atoms with Crippen molar-refractivity contribution in [2.75, 3.05) is 6.61 Å². The minimum atomic E-state index is -0.330. The quantitative estimate of drug-likeness (QED) is 0.260. The Morgan fingerprint density at radius 2 is 1.80 bits per heavy atom. The van der Waals surface area contributed by atoms with Crippen LogP contribution in [-0.4, -0.2) is 22.7 Å². The maximum absolute atomic E-state index is 13.0. The van der Waals surface area contributed by atoms with Gasteiger partial charge in [0.2, 0.25) is 0 Å². The molecular formula is C27H23BrClNO4S. The van der Waals surface area contributed by atoms with E-state index in [-0.39, 0.29) is 17.7 Å². The summed E-state index contributed by atoms with van der Waals surface area (Å²) in [6.07, 6.45) is 1.70. The summed E-state index contributed by atoms with van der Waals surface area (Å²) < 4.78 is 12.6. The van der Waals surface area contributed by atoms with Gasteiger partial charge in [-0.25, -0.2) is 0 Å². The standard InChI is InChI=1S/C27H23BrClNO4S/c1-3-33-23-13-20(12-22(28)25(23)34-16-19-6-4-5-17(2)11-19)14-24-26(31)30(27(32)35-24)15-18-7-9-21(29)10-8-18/h4-14H,3,15-16H2,1-2H3/b24-14-. The number of nitrogens with zero attached hydrogens (tertiary/aromatic N) is 1. The normalized spacial score (nSPS) is 14.6. The van der Waals surface area contributed by atoms with E-state index in [1.165, 1.54) is 4.90 Å². The third-order valence-corrected chi connectivity index (χ3v) is 6.97. The second kappa shape index (κ2) is 11.3. The molecule has 8 heteroatoms. The molecule has 3 aromatic rings. The Balaban J connectivity index is 1.55. The van der Waals surface area contributed by atoms with Gasteiger partial charge in [-0.05, 0) is 88.6 Å². The molecule has 0 spiro atoms. The number of ether oxygens (including phenoxy) is 2. The Kier molecular flexibility index (Phi) is 8.21. The molecule has 0 saturated carbocycles. The summed E-state index contributed by atoms with van der Waals surface area (Å²) in [5.74, 6) is 0.811. The fourth-order valence-electron chi connectivity index (χ4n) is 3.59. The number of amides is 2. The summed E-state index contributed by atoms with van der Waals surface area (Å²) in [6, 6.07) is 18.9. The van der Waals surface area contributed by atoms with Crippen LogP contribution in [0.5, 0.6) is 11.5 Å². The molecular weight excluding hydrogens is 550 g/mol. The number of imide groups is 1. The largest absolute Gasteiger partial charge is 0.490 e. The summed E-state index contributed by atoms with van der Waals surface area (Å²) in [5.41, 5.74) is 3.77. The second-order valence-corrected chi connectivity index (χ2v) is 10.2. The molecule has 0 aliphatic carbocycles. The SMILES string of the molecule is CCOc1cc(/C=C2\SC(=O)N(Cc3ccc(Cl)cc3)C2=O)cc(Br)c1OCc1cccc(C)c1. The zero-order valence-electron chi connectivity index (χ0n) is 19.2. The van der Waals surface area contributed by atoms with Crippen molar-refractivity contribution in [3.63, 3.8) is 0 Å². The van der Waals surface area contributed by atoms with Crippen LogP contribution in [0.3, 0.4) is 0 Å². The van der Waals surface area contributed by atoms with Gasteiger partial charge in [0.1, 0.15) is 6.61 Å². The predicted molar refractivity (Wildman–Crippen MR) is 144 cm³/mol.